The maximum absolute atomic E-state index is 13.9. The van der Waals surface area contributed by atoms with Gasteiger partial charge >= 0.3 is 0 Å². The summed E-state index contributed by atoms with van der Waals surface area (Å²) < 4.78 is 10.7. The monoisotopic (exact) mass is 522 g/mol. The van der Waals surface area contributed by atoms with Crippen molar-refractivity contribution in [1.82, 2.24) is 10.2 Å². The van der Waals surface area contributed by atoms with Gasteiger partial charge in [-0.2, -0.15) is 0 Å². The summed E-state index contributed by atoms with van der Waals surface area (Å²) in [4.78, 5) is 29.1. The Balaban J connectivity index is 1.96. The molecule has 0 bridgehead atoms. The van der Waals surface area contributed by atoms with Gasteiger partial charge in [-0.05, 0) is 47.4 Å². The van der Waals surface area contributed by atoms with Crippen LogP contribution >= 0.6 is 11.6 Å². The Bertz CT molecular complexity index is 1150. The molecule has 0 spiro atoms. The van der Waals surface area contributed by atoms with E-state index in [-0.39, 0.29) is 24.8 Å². The van der Waals surface area contributed by atoms with Crippen LogP contribution in [0.25, 0.3) is 0 Å². The molecule has 0 radical (unpaired) electrons. The summed E-state index contributed by atoms with van der Waals surface area (Å²) in [6, 6.07) is 21.4. The van der Waals surface area contributed by atoms with E-state index in [0.717, 1.165) is 36.0 Å². The van der Waals surface area contributed by atoms with E-state index in [1.54, 1.807) is 43.4 Å². The first-order chi connectivity index (χ1) is 18.0. The highest BCUT2D eigenvalue weighted by Crippen LogP contribution is 2.29. The molecule has 1 unspecified atom stereocenters. The highest BCUT2D eigenvalue weighted by atomic mass is 35.5. The number of nitrogens with zero attached hydrogens (tertiary/aromatic N) is 1. The fourth-order valence-electron chi connectivity index (χ4n) is 4.17. The molecule has 0 saturated carbocycles. The fraction of sp³-hybridized carbons (Fsp3) is 0.333. The molecule has 0 aliphatic rings. The Labute approximate surface area is 224 Å². The predicted molar refractivity (Wildman–Crippen MR) is 147 cm³/mol. The largest absolute Gasteiger partial charge is 0.493 e. The first-order valence-corrected chi connectivity index (χ1v) is 12.9. The molecule has 3 aromatic rings. The molecule has 1 N–H and O–H groups in total. The normalized spacial score (nSPS) is 11.5. The van der Waals surface area contributed by atoms with Crippen LogP contribution < -0.4 is 14.8 Å². The topological polar surface area (TPSA) is 67.9 Å². The summed E-state index contributed by atoms with van der Waals surface area (Å²) in [5.41, 5.74) is 2.40. The zero-order valence-electron chi connectivity index (χ0n) is 21.7. The van der Waals surface area contributed by atoms with Crippen molar-refractivity contribution in [2.24, 2.45) is 0 Å². The number of rotatable bonds is 13. The average Bonchev–Trinajstić information content (AvgIpc) is 2.92. The van der Waals surface area contributed by atoms with E-state index < -0.39 is 6.04 Å². The summed E-state index contributed by atoms with van der Waals surface area (Å²) in [5, 5.41) is 3.66. The number of amides is 2. The number of unbranched alkanes of at least 4 members (excludes halogenated alkanes) is 2. The van der Waals surface area contributed by atoms with E-state index >= 15 is 0 Å². The lowest BCUT2D eigenvalue weighted by Gasteiger charge is -2.32. The van der Waals surface area contributed by atoms with Gasteiger partial charge < -0.3 is 19.7 Å². The van der Waals surface area contributed by atoms with Crippen LogP contribution in [0.1, 0.15) is 48.9 Å². The van der Waals surface area contributed by atoms with E-state index in [0.29, 0.717) is 23.1 Å². The standard InChI is InChI=1S/C30H35ClN2O4/c1-4-5-9-18-32-30(35)29(24-10-7-6-8-11-24)33(21-22-12-15-25(31)16-13-22)28(34)20-23-14-17-26(36-2)27(19-23)37-3/h6-8,10-17,19,29H,4-5,9,18,20-21H2,1-3H3,(H,32,35). The third kappa shape index (κ3) is 7.99. The highest BCUT2D eigenvalue weighted by molar-refractivity contribution is 6.30. The molecular formula is C30H35ClN2O4. The number of carbonyl (C=O) groups excluding carboxylic acids is 2. The van der Waals surface area contributed by atoms with Gasteiger partial charge in [0.1, 0.15) is 6.04 Å². The first-order valence-electron chi connectivity index (χ1n) is 12.5. The first kappa shape index (κ1) is 28.1. The maximum Gasteiger partial charge on any atom is 0.247 e. The van der Waals surface area contributed by atoms with Gasteiger partial charge in [0.25, 0.3) is 0 Å². The number of halogens is 1. The minimum atomic E-state index is -0.786. The van der Waals surface area contributed by atoms with Crippen LogP contribution in [0, 0.1) is 0 Å². The summed E-state index contributed by atoms with van der Waals surface area (Å²) >= 11 is 6.10. The zero-order chi connectivity index (χ0) is 26.6. The molecule has 0 aliphatic heterocycles. The molecule has 37 heavy (non-hydrogen) atoms. The number of hydrogen-bond donors (Lipinski definition) is 1. The van der Waals surface area contributed by atoms with Crippen molar-refractivity contribution < 1.29 is 19.1 Å². The Morgan fingerprint density at radius 3 is 2.22 bits per heavy atom. The van der Waals surface area contributed by atoms with Crippen LogP contribution in [0.2, 0.25) is 5.02 Å². The minimum Gasteiger partial charge on any atom is -0.493 e. The van der Waals surface area contributed by atoms with E-state index in [9.17, 15) is 9.59 Å². The summed E-state index contributed by atoms with van der Waals surface area (Å²) in [5.74, 6) is 0.757. The van der Waals surface area contributed by atoms with Gasteiger partial charge in [0.15, 0.2) is 11.5 Å². The van der Waals surface area contributed by atoms with Crippen molar-refractivity contribution in [3.63, 3.8) is 0 Å². The van der Waals surface area contributed by atoms with Crippen molar-refractivity contribution >= 4 is 23.4 Å². The van der Waals surface area contributed by atoms with Crippen molar-refractivity contribution in [3.05, 3.63) is 94.5 Å². The smallest absolute Gasteiger partial charge is 0.247 e. The van der Waals surface area contributed by atoms with Crippen LogP contribution in [-0.4, -0.2) is 37.5 Å². The van der Waals surface area contributed by atoms with Crippen LogP contribution in [0.3, 0.4) is 0 Å². The average molecular weight is 523 g/mol. The maximum atomic E-state index is 13.9. The van der Waals surface area contributed by atoms with Gasteiger partial charge in [0.05, 0.1) is 20.6 Å². The van der Waals surface area contributed by atoms with Gasteiger partial charge in [0.2, 0.25) is 11.8 Å². The Morgan fingerprint density at radius 2 is 1.57 bits per heavy atom. The molecule has 3 aromatic carbocycles. The Hall–Kier alpha value is -3.51. The number of nitrogens with one attached hydrogen (secondary N) is 1. The summed E-state index contributed by atoms with van der Waals surface area (Å²) in [6.07, 6.45) is 3.08. The molecule has 1 atom stereocenters. The molecule has 0 saturated heterocycles. The van der Waals surface area contributed by atoms with E-state index in [4.69, 9.17) is 21.1 Å². The number of carbonyl (C=O) groups is 2. The lowest BCUT2D eigenvalue weighted by molar-refractivity contribution is -0.141. The quantitative estimate of drug-likeness (QED) is 0.280. The second-order valence-corrected chi connectivity index (χ2v) is 9.26. The van der Waals surface area contributed by atoms with Gasteiger partial charge in [-0.15, -0.1) is 0 Å². The molecule has 7 heteroatoms. The second kappa shape index (κ2) is 14.3. The van der Waals surface area contributed by atoms with Crippen LogP contribution in [-0.2, 0) is 22.6 Å². The number of methoxy groups -OCH3 is 2. The third-order valence-electron chi connectivity index (χ3n) is 6.14. The van der Waals surface area contributed by atoms with Gasteiger partial charge in [0, 0.05) is 18.1 Å². The van der Waals surface area contributed by atoms with E-state index in [1.807, 2.05) is 48.5 Å². The zero-order valence-corrected chi connectivity index (χ0v) is 22.5. The number of hydrogen-bond acceptors (Lipinski definition) is 4. The fourth-order valence-corrected chi connectivity index (χ4v) is 4.29. The SMILES string of the molecule is CCCCCNC(=O)C(c1ccccc1)N(Cc1ccc(Cl)cc1)C(=O)Cc1ccc(OC)c(OC)c1. The van der Waals surface area contributed by atoms with Crippen molar-refractivity contribution in [1.29, 1.82) is 0 Å². The lowest BCUT2D eigenvalue weighted by atomic mass is 10.0. The summed E-state index contributed by atoms with van der Waals surface area (Å²) in [6.45, 7) is 2.94. The molecule has 0 aromatic heterocycles. The molecule has 6 nitrogen and oxygen atoms in total. The second-order valence-electron chi connectivity index (χ2n) is 8.83. The van der Waals surface area contributed by atoms with Crippen LogP contribution in [0.15, 0.2) is 72.8 Å². The van der Waals surface area contributed by atoms with Crippen LogP contribution in [0.5, 0.6) is 11.5 Å². The molecular weight excluding hydrogens is 488 g/mol. The molecule has 0 aliphatic carbocycles. The summed E-state index contributed by atoms with van der Waals surface area (Å²) in [7, 11) is 3.13. The van der Waals surface area contributed by atoms with Crippen molar-refractivity contribution in [2.75, 3.05) is 20.8 Å². The Morgan fingerprint density at radius 1 is 0.892 bits per heavy atom. The highest BCUT2D eigenvalue weighted by Gasteiger charge is 2.31. The molecule has 196 valence electrons. The predicted octanol–water partition coefficient (Wildman–Crippen LogP) is 5.98. The van der Waals surface area contributed by atoms with E-state index in [2.05, 4.69) is 12.2 Å². The van der Waals surface area contributed by atoms with Crippen LogP contribution in [0.4, 0.5) is 0 Å². The lowest BCUT2D eigenvalue weighted by Crippen LogP contribution is -2.44. The van der Waals surface area contributed by atoms with Crippen molar-refractivity contribution in [3.8, 4) is 11.5 Å². The van der Waals surface area contributed by atoms with E-state index in [1.165, 1.54) is 0 Å². The molecule has 0 heterocycles. The van der Waals surface area contributed by atoms with Gasteiger partial charge in [-0.1, -0.05) is 79.9 Å². The van der Waals surface area contributed by atoms with Gasteiger partial charge in [-0.25, -0.2) is 0 Å². The molecule has 0 fully saturated rings. The molecule has 3 rings (SSSR count). The minimum absolute atomic E-state index is 0.0976. The third-order valence-corrected chi connectivity index (χ3v) is 6.40. The van der Waals surface area contributed by atoms with Gasteiger partial charge in [-0.3, -0.25) is 9.59 Å². The number of benzene rings is 3. The molecule has 2 amide bonds. The van der Waals surface area contributed by atoms with Crippen molar-refractivity contribution in [2.45, 2.75) is 45.2 Å². The Kier molecular flexibility index (Phi) is 10.8. The number of ether oxygens (including phenoxy) is 2.